The van der Waals surface area contributed by atoms with E-state index in [9.17, 15) is 18.0 Å². The molecule has 0 aromatic heterocycles. The first kappa shape index (κ1) is 31.0. The van der Waals surface area contributed by atoms with Crippen molar-refractivity contribution < 1.29 is 22.7 Å². The number of sulfonamides is 1. The number of hydrogen-bond donors (Lipinski definition) is 1. The summed E-state index contributed by atoms with van der Waals surface area (Å²) in [6.07, 6.45) is 1.97. The van der Waals surface area contributed by atoms with Crippen molar-refractivity contribution in [1.82, 2.24) is 10.2 Å². The van der Waals surface area contributed by atoms with Crippen molar-refractivity contribution in [2.24, 2.45) is 0 Å². The molecule has 8 nitrogen and oxygen atoms in total. The monoisotopic (exact) mass is 591 g/mol. The SMILES string of the molecule is CC[C@H](C(=O)N[C@@H](C)CC)N(Cc1ccc(Cl)cc1Cl)C(=O)CN(c1cc(Cl)ccc1OC)S(C)(=O)=O. The molecule has 2 rings (SSSR count). The minimum absolute atomic E-state index is 0.0362. The van der Waals surface area contributed by atoms with Crippen molar-refractivity contribution in [3.63, 3.8) is 0 Å². The van der Waals surface area contributed by atoms with E-state index in [1.807, 2.05) is 13.8 Å². The number of amides is 2. The van der Waals surface area contributed by atoms with Gasteiger partial charge in [-0.05, 0) is 55.7 Å². The molecular formula is C25H32Cl3N3O5S. The molecule has 0 heterocycles. The summed E-state index contributed by atoms with van der Waals surface area (Å²) in [5.74, 6) is -0.734. The third kappa shape index (κ3) is 8.40. The summed E-state index contributed by atoms with van der Waals surface area (Å²) >= 11 is 18.5. The highest BCUT2D eigenvalue weighted by atomic mass is 35.5. The lowest BCUT2D eigenvalue weighted by atomic mass is 10.1. The molecule has 0 aliphatic carbocycles. The number of rotatable bonds is 12. The zero-order valence-corrected chi connectivity index (χ0v) is 24.5. The van der Waals surface area contributed by atoms with Crippen LogP contribution in [0.4, 0.5) is 5.69 Å². The third-order valence-corrected chi connectivity index (χ3v) is 7.78. The smallest absolute Gasteiger partial charge is 0.244 e. The molecule has 1 N–H and O–H groups in total. The Balaban J connectivity index is 2.55. The second kappa shape index (κ2) is 13.6. The number of anilines is 1. The van der Waals surface area contributed by atoms with Crippen LogP contribution in [0.2, 0.25) is 15.1 Å². The summed E-state index contributed by atoms with van der Waals surface area (Å²) in [4.78, 5) is 28.3. The lowest BCUT2D eigenvalue weighted by Crippen LogP contribution is -2.53. The average molecular weight is 593 g/mol. The molecule has 2 amide bonds. The zero-order chi connectivity index (χ0) is 27.9. The maximum absolute atomic E-state index is 13.8. The molecule has 12 heteroatoms. The Morgan fingerprint density at radius 1 is 1.03 bits per heavy atom. The van der Waals surface area contributed by atoms with Gasteiger partial charge in [-0.1, -0.05) is 54.7 Å². The quantitative estimate of drug-likeness (QED) is 0.368. The molecule has 37 heavy (non-hydrogen) atoms. The molecule has 0 fully saturated rings. The van der Waals surface area contributed by atoms with Crippen LogP contribution in [-0.2, 0) is 26.2 Å². The van der Waals surface area contributed by atoms with Crippen molar-refractivity contribution >= 4 is 62.3 Å². The summed E-state index contributed by atoms with van der Waals surface area (Å²) in [7, 11) is -2.57. The second-order valence-corrected chi connectivity index (χ2v) is 11.8. The fraction of sp³-hybridized carbons (Fsp3) is 0.440. The Kier molecular flexibility index (Phi) is 11.4. The summed E-state index contributed by atoms with van der Waals surface area (Å²) in [5.41, 5.74) is 0.660. The van der Waals surface area contributed by atoms with Crippen molar-refractivity contribution in [3.05, 3.63) is 57.0 Å². The van der Waals surface area contributed by atoms with E-state index in [1.165, 1.54) is 24.1 Å². The fourth-order valence-electron chi connectivity index (χ4n) is 3.65. The van der Waals surface area contributed by atoms with Crippen LogP contribution in [-0.4, -0.2) is 57.1 Å². The van der Waals surface area contributed by atoms with Crippen LogP contribution in [0.25, 0.3) is 0 Å². The Morgan fingerprint density at radius 3 is 2.19 bits per heavy atom. The van der Waals surface area contributed by atoms with E-state index in [-0.39, 0.29) is 35.0 Å². The van der Waals surface area contributed by atoms with E-state index in [0.29, 0.717) is 28.5 Å². The minimum Gasteiger partial charge on any atom is -0.495 e. The number of carbonyl (C=O) groups is 2. The summed E-state index contributed by atoms with van der Waals surface area (Å²) in [6, 6.07) is 8.32. The van der Waals surface area contributed by atoms with Crippen LogP contribution in [0.5, 0.6) is 5.75 Å². The van der Waals surface area contributed by atoms with E-state index in [2.05, 4.69) is 5.32 Å². The van der Waals surface area contributed by atoms with E-state index in [1.54, 1.807) is 31.2 Å². The fourth-order valence-corrected chi connectivity index (χ4v) is 5.13. The van der Waals surface area contributed by atoms with Crippen LogP contribution in [0, 0.1) is 0 Å². The summed E-state index contributed by atoms with van der Waals surface area (Å²) in [5, 5.41) is 3.91. The van der Waals surface area contributed by atoms with Gasteiger partial charge in [-0.15, -0.1) is 0 Å². The number of nitrogens with zero attached hydrogens (tertiary/aromatic N) is 2. The summed E-state index contributed by atoms with van der Waals surface area (Å²) in [6.45, 7) is 4.95. The zero-order valence-electron chi connectivity index (χ0n) is 21.4. The van der Waals surface area contributed by atoms with Gasteiger partial charge in [0.05, 0.1) is 19.1 Å². The van der Waals surface area contributed by atoms with Crippen LogP contribution in [0.3, 0.4) is 0 Å². The minimum atomic E-state index is -3.96. The first-order valence-electron chi connectivity index (χ1n) is 11.7. The maximum atomic E-state index is 13.8. The van der Waals surface area contributed by atoms with E-state index < -0.39 is 28.5 Å². The lowest BCUT2D eigenvalue weighted by Gasteiger charge is -2.33. The van der Waals surface area contributed by atoms with Crippen molar-refractivity contribution in [1.29, 1.82) is 0 Å². The van der Waals surface area contributed by atoms with Crippen LogP contribution in [0.15, 0.2) is 36.4 Å². The molecule has 0 radical (unpaired) electrons. The van der Waals surface area contributed by atoms with Gasteiger partial charge in [-0.3, -0.25) is 13.9 Å². The van der Waals surface area contributed by atoms with Crippen molar-refractivity contribution in [2.45, 2.75) is 52.2 Å². The molecule has 0 aliphatic heterocycles. The van der Waals surface area contributed by atoms with Crippen LogP contribution < -0.4 is 14.4 Å². The molecule has 0 spiro atoms. The number of methoxy groups -OCH3 is 1. The largest absolute Gasteiger partial charge is 0.495 e. The second-order valence-electron chi connectivity index (χ2n) is 8.59. The molecule has 0 aliphatic rings. The van der Waals surface area contributed by atoms with E-state index in [4.69, 9.17) is 39.5 Å². The highest BCUT2D eigenvalue weighted by Gasteiger charge is 2.33. The Morgan fingerprint density at radius 2 is 1.65 bits per heavy atom. The normalized spacial score (nSPS) is 13.0. The predicted octanol–water partition coefficient (Wildman–Crippen LogP) is 5.14. The maximum Gasteiger partial charge on any atom is 0.244 e. The van der Waals surface area contributed by atoms with Gasteiger partial charge in [-0.25, -0.2) is 8.42 Å². The standard InChI is InChI=1S/C25H32Cl3N3O5S/c1-6-16(3)29-25(33)21(7-2)30(14-17-8-9-18(26)12-20(17)28)24(32)15-31(37(5,34)35)22-13-19(27)10-11-23(22)36-4/h8-13,16,21H,6-7,14-15H2,1-5H3,(H,29,33)/t16-,21+/m0/s1. The highest BCUT2D eigenvalue weighted by Crippen LogP contribution is 2.33. The first-order valence-corrected chi connectivity index (χ1v) is 14.7. The molecule has 204 valence electrons. The molecule has 2 aromatic carbocycles. The predicted molar refractivity (Wildman–Crippen MR) is 149 cm³/mol. The van der Waals surface area contributed by atoms with Crippen LogP contribution in [0.1, 0.15) is 39.2 Å². The highest BCUT2D eigenvalue weighted by molar-refractivity contribution is 7.92. The van der Waals surface area contributed by atoms with Gasteiger partial charge in [0.25, 0.3) is 0 Å². The molecule has 0 bridgehead atoms. The van der Waals surface area contributed by atoms with Gasteiger partial charge in [0.2, 0.25) is 21.8 Å². The Hall–Kier alpha value is -2.20. The van der Waals surface area contributed by atoms with Gasteiger partial charge in [0.1, 0.15) is 18.3 Å². The van der Waals surface area contributed by atoms with Gasteiger partial charge in [-0.2, -0.15) is 0 Å². The third-order valence-electron chi connectivity index (χ3n) is 5.83. The molecule has 2 aromatic rings. The van der Waals surface area contributed by atoms with Crippen LogP contribution >= 0.6 is 34.8 Å². The average Bonchev–Trinajstić information content (AvgIpc) is 2.82. The van der Waals surface area contributed by atoms with Crippen molar-refractivity contribution in [2.75, 3.05) is 24.2 Å². The lowest BCUT2D eigenvalue weighted by molar-refractivity contribution is -0.140. The number of ether oxygens (including phenoxy) is 1. The van der Waals surface area contributed by atoms with E-state index >= 15 is 0 Å². The number of nitrogens with one attached hydrogen (secondary N) is 1. The number of carbonyl (C=O) groups excluding carboxylic acids is 2. The number of hydrogen-bond acceptors (Lipinski definition) is 5. The Bertz CT molecular complexity index is 1230. The van der Waals surface area contributed by atoms with Crippen molar-refractivity contribution in [3.8, 4) is 5.75 Å². The first-order chi connectivity index (χ1) is 17.3. The molecule has 0 unspecified atom stereocenters. The number of halogens is 3. The molecular weight excluding hydrogens is 561 g/mol. The molecule has 0 saturated carbocycles. The number of benzene rings is 2. The van der Waals surface area contributed by atoms with Gasteiger partial charge in [0.15, 0.2) is 0 Å². The topological polar surface area (TPSA) is 96.0 Å². The molecule has 0 saturated heterocycles. The van der Waals surface area contributed by atoms with Gasteiger partial charge >= 0.3 is 0 Å². The summed E-state index contributed by atoms with van der Waals surface area (Å²) < 4.78 is 31.9. The van der Waals surface area contributed by atoms with E-state index in [0.717, 1.165) is 10.6 Å². The van der Waals surface area contributed by atoms with Gasteiger partial charge < -0.3 is 15.0 Å². The molecule has 2 atom stereocenters. The Labute approximate surface area is 233 Å². The van der Waals surface area contributed by atoms with Gasteiger partial charge in [0, 0.05) is 27.7 Å².